The van der Waals surface area contributed by atoms with Gasteiger partial charge in [0.2, 0.25) is 11.8 Å². The summed E-state index contributed by atoms with van der Waals surface area (Å²) in [6.45, 7) is 3.74. The molecule has 0 unspecified atom stereocenters. The molecule has 2 aromatic heterocycles. The number of carbonyl (C=O) groups excluding carboxylic acids is 1. The minimum atomic E-state index is -0.338. The highest BCUT2D eigenvalue weighted by atomic mass is 32.2. The number of hydrogen-bond acceptors (Lipinski definition) is 7. The first-order valence-electron chi connectivity index (χ1n) is 9.34. The van der Waals surface area contributed by atoms with Crippen molar-refractivity contribution in [3.8, 4) is 0 Å². The fourth-order valence-electron chi connectivity index (χ4n) is 2.86. The van der Waals surface area contributed by atoms with Crippen molar-refractivity contribution in [2.24, 2.45) is 0 Å². The SMILES string of the molecule is Cc1ccc2oc(SCc3noc(CCC(=O)Nc4ccc(F)cc4C)n3)nc2c1. The number of anilines is 1. The van der Waals surface area contributed by atoms with Crippen LogP contribution < -0.4 is 5.32 Å². The Balaban J connectivity index is 1.28. The van der Waals surface area contributed by atoms with Gasteiger partial charge in [-0.05, 0) is 55.3 Å². The second-order valence-electron chi connectivity index (χ2n) is 6.85. The lowest BCUT2D eigenvalue weighted by Gasteiger charge is -2.07. The number of benzene rings is 2. The number of aromatic nitrogens is 3. The lowest BCUT2D eigenvalue weighted by molar-refractivity contribution is -0.116. The summed E-state index contributed by atoms with van der Waals surface area (Å²) >= 11 is 1.37. The smallest absolute Gasteiger partial charge is 0.257 e. The van der Waals surface area contributed by atoms with Gasteiger partial charge in [-0.25, -0.2) is 9.37 Å². The van der Waals surface area contributed by atoms with E-state index in [1.165, 1.54) is 30.0 Å². The second-order valence-corrected chi connectivity index (χ2v) is 7.78. The number of nitrogens with one attached hydrogen (secondary N) is 1. The van der Waals surface area contributed by atoms with Crippen molar-refractivity contribution in [3.05, 3.63) is 65.1 Å². The average molecular weight is 426 g/mol. The number of halogens is 1. The van der Waals surface area contributed by atoms with Crippen molar-refractivity contribution in [1.29, 1.82) is 0 Å². The molecule has 7 nitrogen and oxygen atoms in total. The molecule has 0 radical (unpaired) electrons. The minimum absolute atomic E-state index is 0.177. The Morgan fingerprint density at radius 3 is 2.87 bits per heavy atom. The molecule has 2 heterocycles. The number of rotatable bonds is 7. The van der Waals surface area contributed by atoms with Crippen LogP contribution in [0.1, 0.15) is 29.3 Å². The quantitative estimate of drug-likeness (QED) is 0.423. The summed E-state index contributed by atoms with van der Waals surface area (Å²) in [5.74, 6) is 0.777. The molecule has 154 valence electrons. The molecule has 0 aliphatic carbocycles. The van der Waals surface area contributed by atoms with Crippen molar-refractivity contribution < 1.29 is 18.1 Å². The van der Waals surface area contributed by atoms with E-state index in [9.17, 15) is 9.18 Å². The molecule has 0 atom stereocenters. The Labute approximate surface area is 176 Å². The third kappa shape index (κ3) is 4.85. The summed E-state index contributed by atoms with van der Waals surface area (Å²) < 4.78 is 24.1. The molecular formula is C21H19FN4O3S. The number of amides is 1. The van der Waals surface area contributed by atoms with E-state index in [2.05, 4.69) is 20.4 Å². The van der Waals surface area contributed by atoms with E-state index in [-0.39, 0.29) is 18.1 Å². The van der Waals surface area contributed by atoms with Crippen LogP contribution in [0.3, 0.4) is 0 Å². The molecule has 1 amide bonds. The highest BCUT2D eigenvalue weighted by Gasteiger charge is 2.13. The Kier molecular flexibility index (Phi) is 5.80. The van der Waals surface area contributed by atoms with Crippen LogP contribution in [0.2, 0.25) is 0 Å². The van der Waals surface area contributed by atoms with Gasteiger partial charge >= 0.3 is 0 Å². The Bertz CT molecular complexity index is 1200. The Hall–Kier alpha value is -3.20. The zero-order valence-corrected chi connectivity index (χ0v) is 17.3. The monoisotopic (exact) mass is 426 g/mol. The molecule has 0 fully saturated rings. The van der Waals surface area contributed by atoms with E-state index < -0.39 is 0 Å². The summed E-state index contributed by atoms with van der Waals surface area (Å²) in [7, 11) is 0. The molecule has 0 aliphatic heterocycles. The van der Waals surface area contributed by atoms with Crippen molar-refractivity contribution in [3.63, 3.8) is 0 Å². The van der Waals surface area contributed by atoms with E-state index in [1.54, 1.807) is 6.92 Å². The van der Waals surface area contributed by atoms with E-state index in [0.717, 1.165) is 16.7 Å². The highest BCUT2D eigenvalue weighted by Crippen LogP contribution is 2.26. The van der Waals surface area contributed by atoms with Crippen LogP contribution in [0, 0.1) is 19.7 Å². The van der Waals surface area contributed by atoms with Crippen LogP contribution in [0.15, 0.2) is 50.6 Å². The van der Waals surface area contributed by atoms with Gasteiger partial charge in [-0.2, -0.15) is 4.98 Å². The van der Waals surface area contributed by atoms with Gasteiger partial charge in [0, 0.05) is 18.5 Å². The van der Waals surface area contributed by atoms with E-state index in [1.807, 2.05) is 25.1 Å². The van der Waals surface area contributed by atoms with Gasteiger partial charge < -0.3 is 14.3 Å². The number of thioether (sulfide) groups is 1. The maximum atomic E-state index is 13.1. The predicted octanol–water partition coefficient (Wildman–Crippen LogP) is 4.83. The van der Waals surface area contributed by atoms with E-state index >= 15 is 0 Å². The number of aryl methyl sites for hydroxylation is 3. The minimum Gasteiger partial charge on any atom is -0.431 e. The summed E-state index contributed by atoms with van der Waals surface area (Å²) in [6, 6.07) is 10.1. The molecule has 0 bridgehead atoms. The van der Waals surface area contributed by atoms with Crippen molar-refractivity contribution in [2.75, 3.05) is 5.32 Å². The molecule has 30 heavy (non-hydrogen) atoms. The number of oxazole rings is 1. The molecule has 0 saturated carbocycles. The highest BCUT2D eigenvalue weighted by molar-refractivity contribution is 7.98. The molecule has 0 aliphatic rings. The number of carbonyl (C=O) groups is 1. The van der Waals surface area contributed by atoms with Gasteiger partial charge in [0.15, 0.2) is 11.4 Å². The molecule has 4 aromatic rings. The summed E-state index contributed by atoms with van der Waals surface area (Å²) in [6.07, 6.45) is 0.488. The second kappa shape index (κ2) is 8.66. The fourth-order valence-corrected chi connectivity index (χ4v) is 3.54. The zero-order chi connectivity index (χ0) is 21.1. The lowest BCUT2D eigenvalue weighted by Crippen LogP contribution is -2.13. The molecule has 1 N–H and O–H groups in total. The van der Waals surface area contributed by atoms with E-state index in [4.69, 9.17) is 8.94 Å². The summed E-state index contributed by atoms with van der Waals surface area (Å²) in [4.78, 5) is 20.9. The standard InChI is InChI=1S/C21H19FN4O3S/c1-12-3-6-17-16(9-12)24-21(28-17)30-11-18-25-20(29-26-18)8-7-19(27)23-15-5-4-14(22)10-13(15)2/h3-6,9-10H,7-8,11H2,1-2H3,(H,23,27). The third-order valence-corrected chi connectivity index (χ3v) is 5.21. The number of hydrogen-bond donors (Lipinski definition) is 1. The third-order valence-electron chi connectivity index (χ3n) is 4.39. The van der Waals surface area contributed by atoms with Gasteiger partial charge in [0.25, 0.3) is 5.22 Å². The van der Waals surface area contributed by atoms with Crippen LogP contribution in [0.4, 0.5) is 10.1 Å². The Morgan fingerprint density at radius 1 is 1.17 bits per heavy atom. The first-order valence-corrected chi connectivity index (χ1v) is 10.3. The molecule has 2 aromatic carbocycles. The summed E-state index contributed by atoms with van der Waals surface area (Å²) in [5.41, 5.74) is 3.91. The molecular weight excluding hydrogens is 407 g/mol. The maximum Gasteiger partial charge on any atom is 0.257 e. The van der Waals surface area contributed by atoms with Crippen molar-refractivity contribution in [1.82, 2.24) is 15.1 Å². The largest absolute Gasteiger partial charge is 0.431 e. The lowest BCUT2D eigenvalue weighted by atomic mass is 10.2. The Morgan fingerprint density at radius 2 is 2.03 bits per heavy atom. The van der Waals surface area contributed by atoms with Crippen molar-refractivity contribution in [2.45, 2.75) is 37.7 Å². The van der Waals surface area contributed by atoms with E-state index in [0.29, 0.717) is 40.4 Å². The zero-order valence-electron chi connectivity index (χ0n) is 16.4. The normalized spacial score (nSPS) is 11.2. The van der Waals surface area contributed by atoms with Crippen LogP contribution in [0.5, 0.6) is 0 Å². The maximum absolute atomic E-state index is 13.1. The molecule has 4 rings (SSSR count). The van der Waals surface area contributed by atoms with Crippen LogP contribution >= 0.6 is 11.8 Å². The van der Waals surface area contributed by atoms with Gasteiger partial charge in [-0.3, -0.25) is 4.79 Å². The average Bonchev–Trinajstić information content (AvgIpc) is 3.33. The number of nitrogens with zero attached hydrogens (tertiary/aromatic N) is 3. The van der Waals surface area contributed by atoms with Gasteiger partial charge in [0.05, 0.1) is 5.75 Å². The molecule has 0 saturated heterocycles. The molecule has 9 heteroatoms. The van der Waals surface area contributed by atoms with Crippen LogP contribution in [-0.2, 0) is 17.0 Å². The predicted molar refractivity (Wildman–Crippen MR) is 111 cm³/mol. The number of fused-ring (bicyclic) bond motifs is 1. The van der Waals surface area contributed by atoms with Crippen LogP contribution in [-0.4, -0.2) is 21.0 Å². The van der Waals surface area contributed by atoms with Gasteiger partial charge in [-0.1, -0.05) is 23.0 Å². The topological polar surface area (TPSA) is 94.0 Å². The van der Waals surface area contributed by atoms with Crippen LogP contribution in [0.25, 0.3) is 11.1 Å². The summed E-state index contributed by atoms with van der Waals surface area (Å²) in [5, 5.41) is 7.23. The van der Waals surface area contributed by atoms with Gasteiger partial charge in [0.1, 0.15) is 11.3 Å². The first kappa shape index (κ1) is 20.1. The molecule has 0 spiro atoms. The van der Waals surface area contributed by atoms with Crippen molar-refractivity contribution >= 4 is 34.5 Å². The van der Waals surface area contributed by atoms with Gasteiger partial charge in [-0.15, -0.1) is 0 Å². The fraction of sp³-hybridized carbons (Fsp3) is 0.238. The first-order chi connectivity index (χ1) is 14.5.